The van der Waals surface area contributed by atoms with Gasteiger partial charge in [-0.25, -0.2) is 0 Å². The number of furan rings is 1. The first-order chi connectivity index (χ1) is 27.2. The molecule has 0 aliphatic carbocycles. The van der Waals surface area contributed by atoms with Gasteiger partial charge in [0.2, 0.25) is 0 Å². The van der Waals surface area contributed by atoms with Crippen LogP contribution in [0.3, 0.4) is 0 Å². The maximum absolute atomic E-state index is 6.35. The summed E-state index contributed by atoms with van der Waals surface area (Å²) in [5, 5.41) is 9.87. The molecule has 2 nitrogen and oxygen atoms in total. The third-order valence-electron chi connectivity index (χ3n) is 11.1. The molecule has 0 saturated heterocycles. The lowest BCUT2D eigenvalue weighted by Crippen LogP contribution is -1.86. The van der Waals surface area contributed by atoms with Gasteiger partial charge in [-0.05, 0) is 119 Å². The highest BCUT2D eigenvalue weighted by atomic mass is 16.3. The Kier molecular flexibility index (Phi) is 7.21. The Morgan fingerprint density at radius 1 is 0.291 bits per heavy atom. The summed E-state index contributed by atoms with van der Waals surface area (Å²) in [6.45, 7) is 0. The summed E-state index contributed by atoms with van der Waals surface area (Å²) in [6.07, 6.45) is 3.66. The van der Waals surface area contributed by atoms with Crippen LogP contribution in [0, 0.1) is 0 Å². The third kappa shape index (κ3) is 5.30. The van der Waals surface area contributed by atoms with Crippen molar-refractivity contribution in [2.45, 2.75) is 0 Å². The standard InChI is InChI=1S/C53H33NO/c1-2-20-46-44(18-1)45-19-3-4-21-47(45)50-32-41(24-25-48(46)50)39-15-7-13-37(30-39)35-11-5-10-34(28-35)36-12-6-14-38(29-36)40-16-8-17-42(31-40)43-22-9-23-49-51-33-54-27-26-52(51)55-53(43)49/h1-33H. The average Bonchev–Trinajstić information content (AvgIpc) is 3.66. The molecular formula is C53H33NO. The van der Waals surface area contributed by atoms with E-state index in [0.717, 1.165) is 38.6 Å². The lowest BCUT2D eigenvalue weighted by Gasteiger charge is -2.13. The van der Waals surface area contributed by atoms with Crippen molar-refractivity contribution < 1.29 is 4.42 Å². The van der Waals surface area contributed by atoms with Gasteiger partial charge in [-0.2, -0.15) is 0 Å². The number of para-hydroxylation sites is 1. The van der Waals surface area contributed by atoms with E-state index in [4.69, 9.17) is 4.42 Å². The number of benzene rings is 9. The Morgan fingerprint density at radius 2 is 0.709 bits per heavy atom. The largest absolute Gasteiger partial charge is 0.455 e. The molecule has 0 atom stereocenters. The normalized spacial score (nSPS) is 11.6. The van der Waals surface area contributed by atoms with E-state index < -0.39 is 0 Å². The van der Waals surface area contributed by atoms with Crippen molar-refractivity contribution in [1.82, 2.24) is 4.98 Å². The Hall–Kier alpha value is -7.29. The van der Waals surface area contributed by atoms with Crippen molar-refractivity contribution >= 4 is 54.3 Å². The third-order valence-corrected chi connectivity index (χ3v) is 11.1. The van der Waals surface area contributed by atoms with Gasteiger partial charge in [-0.3, -0.25) is 4.98 Å². The predicted octanol–water partition coefficient (Wildman–Crippen LogP) is 14.8. The van der Waals surface area contributed by atoms with Crippen molar-refractivity contribution in [2.75, 3.05) is 0 Å². The fourth-order valence-corrected chi connectivity index (χ4v) is 8.46. The first-order valence-corrected chi connectivity index (χ1v) is 18.8. The minimum atomic E-state index is 0.853. The molecule has 0 saturated carbocycles. The van der Waals surface area contributed by atoms with Crippen LogP contribution in [0.2, 0.25) is 0 Å². The number of aromatic nitrogens is 1. The maximum Gasteiger partial charge on any atom is 0.143 e. The zero-order valence-corrected chi connectivity index (χ0v) is 29.9. The molecule has 256 valence electrons. The quantitative estimate of drug-likeness (QED) is 0.167. The van der Waals surface area contributed by atoms with Gasteiger partial charge in [-0.1, -0.05) is 152 Å². The van der Waals surface area contributed by atoms with E-state index in [-0.39, 0.29) is 0 Å². The molecule has 0 fully saturated rings. The number of hydrogen-bond acceptors (Lipinski definition) is 2. The molecule has 2 heterocycles. The predicted molar refractivity (Wildman–Crippen MR) is 231 cm³/mol. The molecule has 0 spiro atoms. The maximum atomic E-state index is 6.35. The molecule has 0 aliphatic heterocycles. The van der Waals surface area contributed by atoms with E-state index in [1.54, 1.807) is 6.20 Å². The van der Waals surface area contributed by atoms with Crippen LogP contribution in [0.4, 0.5) is 0 Å². The Labute approximate surface area is 318 Å². The lowest BCUT2D eigenvalue weighted by atomic mass is 9.91. The fourth-order valence-electron chi connectivity index (χ4n) is 8.46. The van der Waals surface area contributed by atoms with Gasteiger partial charge < -0.3 is 4.42 Å². The Morgan fingerprint density at radius 3 is 1.25 bits per heavy atom. The van der Waals surface area contributed by atoms with Gasteiger partial charge in [0, 0.05) is 28.7 Å². The molecule has 0 unspecified atom stereocenters. The van der Waals surface area contributed by atoms with Gasteiger partial charge in [-0.15, -0.1) is 0 Å². The van der Waals surface area contributed by atoms with Gasteiger partial charge in [0.15, 0.2) is 0 Å². The van der Waals surface area contributed by atoms with Crippen molar-refractivity contribution in [3.8, 4) is 55.6 Å². The molecule has 0 N–H and O–H groups in total. The molecule has 55 heavy (non-hydrogen) atoms. The highest BCUT2D eigenvalue weighted by molar-refractivity contribution is 6.25. The molecule has 2 heteroatoms. The van der Waals surface area contributed by atoms with Crippen LogP contribution < -0.4 is 0 Å². The van der Waals surface area contributed by atoms with E-state index in [0.29, 0.717) is 0 Å². The molecule has 11 aromatic rings. The van der Waals surface area contributed by atoms with Crippen LogP contribution in [0.5, 0.6) is 0 Å². The first kappa shape index (κ1) is 31.3. The second-order valence-corrected chi connectivity index (χ2v) is 14.3. The van der Waals surface area contributed by atoms with Crippen LogP contribution in [0.25, 0.3) is 110 Å². The molecule has 0 amide bonds. The first-order valence-electron chi connectivity index (χ1n) is 18.8. The summed E-state index contributed by atoms with van der Waals surface area (Å²) in [4.78, 5) is 4.33. The van der Waals surface area contributed by atoms with E-state index in [2.05, 4.69) is 187 Å². The second-order valence-electron chi connectivity index (χ2n) is 14.3. The van der Waals surface area contributed by atoms with Crippen LogP contribution in [0.15, 0.2) is 205 Å². The summed E-state index contributed by atoms with van der Waals surface area (Å²) in [7, 11) is 0. The van der Waals surface area contributed by atoms with E-state index in [1.165, 1.54) is 71.3 Å². The zero-order chi connectivity index (χ0) is 36.3. The topological polar surface area (TPSA) is 26.0 Å². The fraction of sp³-hybridized carbons (Fsp3) is 0. The van der Waals surface area contributed by atoms with Crippen LogP contribution >= 0.6 is 0 Å². The lowest BCUT2D eigenvalue weighted by molar-refractivity contribution is 0.669. The van der Waals surface area contributed by atoms with Crippen LogP contribution in [-0.4, -0.2) is 4.98 Å². The molecule has 11 rings (SSSR count). The molecule has 0 aliphatic rings. The molecular weight excluding hydrogens is 667 g/mol. The highest BCUT2D eigenvalue weighted by Crippen LogP contribution is 2.39. The SMILES string of the molecule is c1cc(-c2cccc(-c3cccc(-c4cccc5c4oc4ccncc45)c3)c2)cc(-c2cccc(-c3ccc4c5ccccc5c5ccccc5c4c3)c2)c1. The number of fused-ring (bicyclic) bond motifs is 9. The Bertz CT molecular complexity index is 3240. The number of pyridine rings is 1. The molecule has 2 aromatic heterocycles. The number of rotatable bonds is 5. The summed E-state index contributed by atoms with van der Waals surface area (Å²) in [5.41, 5.74) is 13.5. The van der Waals surface area contributed by atoms with Crippen molar-refractivity contribution in [3.63, 3.8) is 0 Å². The smallest absolute Gasteiger partial charge is 0.143 e. The summed E-state index contributed by atoms with van der Waals surface area (Å²) >= 11 is 0. The summed E-state index contributed by atoms with van der Waals surface area (Å²) in [6, 6.07) is 68.2. The van der Waals surface area contributed by atoms with Crippen LogP contribution in [-0.2, 0) is 0 Å². The second kappa shape index (κ2) is 12.7. The van der Waals surface area contributed by atoms with E-state index >= 15 is 0 Å². The summed E-state index contributed by atoms with van der Waals surface area (Å²) < 4.78 is 6.35. The minimum absolute atomic E-state index is 0.853. The van der Waals surface area contributed by atoms with Gasteiger partial charge >= 0.3 is 0 Å². The van der Waals surface area contributed by atoms with E-state index in [1.807, 2.05) is 12.3 Å². The molecule has 0 bridgehead atoms. The monoisotopic (exact) mass is 699 g/mol. The van der Waals surface area contributed by atoms with Crippen molar-refractivity contribution in [3.05, 3.63) is 200 Å². The van der Waals surface area contributed by atoms with Crippen molar-refractivity contribution in [2.24, 2.45) is 0 Å². The number of nitrogens with zero attached hydrogens (tertiary/aromatic N) is 1. The molecule has 9 aromatic carbocycles. The van der Waals surface area contributed by atoms with Crippen LogP contribution in [0.1, 0.15) is 0 Å². The Balaban J connectivity index is 0.936. The average molecular weight is 700 g/mol. The summed E-state index contributed by atoms with van der Waals surface area (Å²) in [5.74, 6) is 0. The van der Waals surface area contributed by atoms with Gasteiger partial charge in [0.1, 0.15) is 11.2 Å². The zero-order valence-electron chi connectivity index (χ0n) is 29.9. The minimum Gasteiger partial charge on any atom is -0.455 e. The molecule has 0 radical (unpaired) electrons. The number of hydrogen-bond donors (Lipinski definition) is 0. The van der Waals surface area contributed by atoms with Gasteiger partial charge in [0.05, 0.1) is 0 Å². The van der Waals surface area contributed by atoms with Gasteiger partial charge in [0.25, 0.3) is 0 Å². The highest BCUT2D eigenvalue weighted by Gasteiger charge is 2.14. The van der Waals surface area contributed by atoms with Crippen molar-refractivity contribution in [1.29, 1.82) is 0 Å². The van der Waals surface area contributed by atoms with E-state index in [9.17, 15) is 0 Å².